The molecule has 8 heteroatoms. The first kappa shape index (κ1) is 17.0. The SMILES string of the molecule is CNc1ncc(C#Cc2ccn(C)n2)c2cc(NC(=O)[C@H]3C[C@H]3C)nnc12. The smallest absolute Gasteiger partial charge is 0.228 e. The Morgan fingerprint density at radius 2 is 2.15 bits per heavy atom. The molecule has 2 N–H and O–H groups in total. The quantitative estimate of drug-likeness (QED) is 0.691. The van der Waals surface area contributed by atoms with Crippen molar-refractivity contribution in [3.8, 4) is 11.8 Å². The first-order chi connectivity index (χ1) is 13.0. The van der Waals surface area contributed by atoms with Crippen LogP contribution < -0.4 is 10.6 Å². The van der Waals surface area contributed by atoms with E-state index in [0.29, 0.717) is 34.3 Å². The molecule has 0 aliphatic heterocycles. The maximum Gasteiger partial charge on any atom is 0.228 e. The highest BCUT2D eigenvalue weighted by Crippen LogP contribution is 2.38. The second kappa shape index (κ2) is 6.68. The van der Waals surface area contributed by atoms with Crippen LogP contribution >= 0.6 is 0 Å². The van der Waals surface area contributed by atoms with E-state index in [0.717, 1.165) is 11.8 Å². The summed E-state index contributed by atoms with van der Waals surface area (Å²) in [5.41, 5.74) is 1.96. The minimum Gasteiger partial charge on any atom is -0.371 e. The molecule has 0 unspecified atom stereocenters. The number of fused-ring (bicyclic) bond motifs is 1. The monoisotopic (exact) mass is 361 g/mol. The summed E-state index contributed by atoms with van der Waals surface area (Å²) in [7, 11) is 3.61. The van der Waals surface area contributed by atoms with E-state index in [1.807, 2.05) is 19.3 Å². The standard InChI is InChI=1S/C19H19N7O/c1-11-8-14(11)19(27)22-16-9-15-12(4-5-13-6-7-26(3)25-13)10-21-18(20-2)17(15)24-23-16/h6-7,9-11,14H,8H2,1-3H3,(H,20,21)(H,22,23,27)/t11-,14+/m1/s1. The number of nitrogens with one attached hydrogen (secondary N) is 2. The fraction of sp³-hybridized carbons (Fsp3) is 0.316. The lowest BCUT2D eigenvalue weighted by atomic mass is 10.1. The van der Waals surface area contributed by atoms with Gasteiger partial charge >= 0.3 is 0 Å². The second-order valence-electron chi connectivity index (χ2n) is 6.70. The summed E-state index contributed by atoms with van der Waals surface area (Å²) in [6.07, 6.45) is 4.43. The summed E-state index contributed by atoms with van der Waals surface area (Å²) in [5.74, 6) is 7.63. The van der Waals surface area contributed by atoms with Gasteiger partial charge in [-0.25, -0.2) is 4.98 Å². The van der Waals surface area contributed by atoms with E-state index in [4.69, 9.17) is 0 Å². The van der Waals surface area contributed by atoms with Gasteiger partial charge in [-0.15, -0.1) is 10.2 Å². The average molecular weight is 361 g/mol. The number of carbonyl (C=O) groups is 1. The third-order valence-corrected chi connectivity index (χ3v) is 4.60. The van der Waals surface area contributed by atoms with Gasteiger partial charge in [0, 0.05) is 37.8 Å². The van der Waals surface area contributed by atoms with Gasteiger partial charge in [-0.05, 0) is 30.4 Å². The van der Waals surface area contributed by atoms with Gasteiger partial charge in [0.15, 0.2) is 11.6 Å². The molecular weight excluding hydrogens is 342 g/mol. The van der Waals surface area contributed by atoms with E-state index in [1.54, 1.807) is 24.0 Å². The van der Waals surface area contributed by atoms with Gasteiger partial charge in [-0.3, -0.25) is 9.48 Å². The first-order valence-electron chi connectivity index (χ1n) is 8.72. The Morgan fingerprint density at radius 1 is 1.33 bits per heavy atom. The molecular formula is C19H19N7O. The zero-order chi connectivity index (χ0) is 19.0. The van der Waals surface area contributed by atoms with E-state index in [-0.39, 0.29) is 11.8 Å². The zero-order valence-electron chi connectivity index (χ0n) is 15.3. The summed E-state index contributed by atoms with van der Waals surface area (Å²) < 4.78 is 1.70. The van der Waals surface area contributed by atoms with Crippen molar-refractivity contribution in [2.45, 2.75) is 13.3 Å². The van der Waals surface area contributed by atoms with Gasteiger partial charge < -0.3 is 10.6 Å². The number of carbonyl (C=O) groups excluding carboxylic acids is 1. The van der Waals surface area contributed by atoms with E-state index in [2.05, 4.69) is 49.7 Å². The lowest BCUT2D eigenvalue weighted by Gasteiger charge is -2.08. The molecule has 3 aromatic heterocycles. The molecule has 1 fully saturated rings. The van der Waals surface area contributed by atoms with Crippen LogP contribution in [0.1, 0.15) is 24.6 Å². The van der Waals surface area contributed by atoms with Crippen molar-refractivity contribution in [2.24, 2.45) is 18.9 Å². The van der Waals surface area contributed by atoms with Gasteiger partial charge in [-0.2, -0.15) is 5.10 Å². The Balaban J connectivity index is 1.72. The summed E-state index contributed by atoms with van der Waals surface area (Å²) in [5, 5.41) is 19.3. The van der Waals surface area contributed by atoms with Crippen molar-refractivity contribution in [1.29, 1.82) is 0 Å². The molecule has 0 bridgehead atoms. The van der Waals surface area contributed by atoms with Crippen LogP contribution in [-0.4, -0.2) is 37.9 Å². The number of anilines is 2. The minimum atomic E-state index is -0.0137. The summed E-state index contributed by atoms with van der Waals surface area (Å²) >= 11 is 0. The zero-order valence-corrected chi connectivity index (χ0v) is 15.3. The Bertz CT molecular complexity index is 1090. The van der Waals surface area contributed by atoms with Crippen molar-refractivity contribution in [3.05, 3.63) is 35.8 Å². The van der Waals surface area contributed by atoms with Crippen molar-refractivity contribution >= 4 is 28.4 Å². The second-order valence-corrected chi connectivity index (χ2v) is 6.70. The molecule has 1 aliphatic carbocycles. The molecule has 3 aromatic rings. The predicted molar refractivity (Wildman–Crippen MR) is 102 cm³/mol. The van der Waals surface area contributed by atoms with Crippen LogP contribution in [0.3, 0.4) is 0 Å². The topological polar surface area (TPSA) is 97.6 Å². The molecule has 3 heterocycles. The molecule has 0 aromatic carbocycles. The van der Waals surface area contributed by atoms with Crippen LogP contribution in [-0.2, 0) is 11.8 Å². The lowest BCUT2D eigenvalue weighted by molar-refractivity contribution is -0.117. The minimum absolute atomic E-state index is 0.0137. The molecule has 0 saturated heterocycles. The van der Waals surface area contributed by atoms with Gasteiger partial charge in [0.05, 0.1) is 5.56 Å². The van der Waals surface area contributed by atoms with Crippen LogP contribution in [0.4, 0.5) is 11.6 Å². The van der Waals surface area contributed by atoms with Crippen LogP contribution in [0.25, 0.3) is 10.9 Å². The number of hydrogen-bond donors (Lipinski definition) is 2. The molecule has 1 aliphatic rings. The van der Waals surface area contributed by atoms with Crippen molar-refractivity contribution in [2.75, 3.05) is 17.7 Å². The molecule has 0 spiro atoms. The summed E-state index contributed by atoms with van der Waals surface area (Å²) in [6.45, 7) is 2.06. The normalized spacial score (nSPS) is 17.9. The number of nitrogens with zero attached hydrogens (tertiary/aromatic N) is 5. The van der Waals surface area contributed by atoms with Gasteiger partial charge in [-0.1, -0.05) is 12.8 Å². The Hall–Kier alpha value is -3.47. The highest BCUT2D eigenvalue weighted by Gasteiger charge is 2.39. The largest absolute Gasteiger partial charge is 0.371 e. The average Bonchev–Trinajstić information content (AvgIpc) is 3.26. The third-order valence-electron chi connectivity index (χ3n) is 4.60. The van der Waals surface area contributed by atoms with Gasteiger partial charge in [0.25, 0.3) is 0 Å². The maximum absolute atomic E-state index is 12.2. The Labute approximate surface area is 156 Å². The maximum atomic E-state index is 12.2. The Kier molecular flexibility index (Phi) is 4.20. The van der Waals surface area contributed by atoms with Gasteiger partial charge in [0.1, 0.15) is 11.2 Å². The van der Waals surface area contributed by atoms with Crippen LogP contribution in [0, 0.1) is 23.7 Å². The fourth-order valence-electron chi connectivity index (χ4n) is 2.89. The summed E-state index contributed by atoms with van der Waals surface area (Å²) in [6, 6.07) is 3.63. The number of aromatic nitrogens is 5. The third kappa shape index (κ3) is 3.44. The molecule has 1 saturated carbocycles. The van der Waals surface area contributed by atoms with Crippen molar-refractivity contribution in [3.63, 3.8) is 0 Å². The lowest BCUT2D eigenvalue weighted by Crippen LogP contribution is -2.16. The molecule has 4 rings (SSSR count). The van der Waals surface area contributed by atoms with Gasteiger partial charge in [0.2, 0.25) is 5.91 Å². The van der Waals surface area contributed by atoms with E-state index >= 15 is 0 Å². The molecule has 2 atom stereocenters. The van der Waals surface area contributed by atoms with Crippen LogP contribution in [0.5, 0.6) is 0 Å². The van der Waals surface area contributed by atoms with E-state index < -0.39 is 0 Å². The van der Waals surface area contributed by atoms with Crippen LogP contribution in [0.2, 0.25) is 0 Å². The molecule has 8 nitrogen and oxygen atoms in total. The predicted octanol–water partition coefficient (Wildman–Crippen LogP) is 1.79. The van der Waals surface area contributed by atoms with Crippen molar-refractivity contribution < 1.29 is 4.79 Å². The number of hydrogen-bond acceptors (Lipinski definition) is 6. The summed E-state index contributed by atoms with van der Waals surface area (Å²) in [4.78, 5) is 16.6. The Morgan fingerprint density at radius 3 is 2.81 bits per heavy atom. The molecule has 27 heavy (non-hydrogen) atoms. The first-order valence-corrected chi connectivity index (χ1v) is 8.72. The van der Waals surface area contributed by atoms with Crippen molar-refractivity contribution in [1.82, 2.24) is 25.0 Å². The fourth-order valence-corrected chi connectivity index (χ4v) is 2.89. The van der Waals surface area contributed by atoms with Crippen LogP contribution in [0.15, 0.2) is 24.5 Å². The molecule has 1 amide bonds. The molecule has 136 valence electrons. The number of pyridine rings is 1. The highest BCUT2D eigenvalue weighted by molar-refractivity contribution is 5.97. The molecule has 0 radical (unpaired) electrons. The number of rotatable bonds is 3. The van der Waals surface area contributed by atoms with E-state index in [9.17, 15) is 4.79 Å². The van der Waals surface area contributed by atoms with E-state index in [1.165, 1.54) is 0 Å². The number of amides is 1. The highest BCUT2D eigenvalue weighted by atomic mass is 16.2. The number of aryl methyl sites for hydroxylation is 1.